The van der Waals surface area contributed by atoms with Crippen LogP contribution >= 0.6 is 27.3 Å². The second-order valence-electron chi connectivity index (χ2n) is 4.32. The highest BCUT2D eigenvalue weighted by molar-refractivity contribution is 9.10. The van der Waals surface area contributed by atoms with Gasteiger partial charge in [-0.15, -0.1) is 11.3 Å². The Balaban J connectivity index is 1.94. The third kappa shape index (κ3) is 4.08. The minimum atomic E-state index is 0.0650. The van der Waals surface area contributed by atoms with Gasteiger partial charge in [-0.25, -0.2) is 0 Å². The van der Waals surface area contributed by atoms with Crippen molar-refractivity contribution in [1.29, 1.82) is 0 Å². The molecule has 2 rings (SSSR count). The minimum absolute atomic E-state index is 0.0650. The Labute approximate surface area is 124 Å². The number of amides is 1. The largest absolute Gasteiger partial charge is 0.508 e. The van der Waals surface area contributed by atoms with E-state index in [9.17, 15) is 9.90 Å². The van der Waals surface area contributed by atoms with Crippen LogP contribution in [0, 0.1) is 0 Å². The van der Waals surface area contributed by atoms with E-state index in [4.69, 9.17) is 0 Å². The smallest absolute Gasteiger partial charge is 0.227 e. The van der Waals surface area contributed by atoms with Crippen molar-refractivity contribution in [3.8, 4) is 5.75 Å². The molecule has 5 heteroatoms. The molecule has 0 unspecified atom stereocenters. The maximum atomic E-state index is 12.1. The van der Waals surface area contributed by atoms with Gasteiger partial charge < -0.3 is 10.0 Å². The maximum Gasteiger partial charge on any atom is 0.227 e. The highest BCUT2D eigenvalue weighted by atomic mass is 79.9. The first-order valence-electron chi connectivity index (χ1n) is 5.79. The first-order valence-corrected chi connectivity index (χ1v) is 7.46. The van der Waals surface area contributed by atoms with Crippen LogP contribution in [-0.2, 0) is 17.8 Å². The number of carbonyl (C=O) groups excluding carboxylic acids is 1. The summed E-state index contributed by atoms with van der Waals surface area (Å²) in [6.45, 7) is 0.618. The number of phenolic OH excluding ortho intramolecular Hbond substituents is 1. The van der Waals surface area contributed by atoms with E-state index in [1.807, 2.05) is 11.4 Å². The Kier molecular flexibility index (Phi) is 4.61. The number of rotatable bonds is 4. The quantitative estimate of drug-likeness (QED) is 0.927. The van der Waals surface area contributed by atoms with Crippen LogP contribution in [0.3, 0.4) is 0 Å². The van der Waals surface area contributed by atoms with Gasteiger partial charge in [0.05, 0.1) is 13.0 Å². The molecule has 100 valence electrons. The zero-order valence-corrected chi connectivity index (χ0v) is 12.9. The second kappa shape index (κ2) is 6.21. The number of halogens is 1. The lowest BCUT2D eigenvalue weighted by atomic mass is 10.1. The Bertz CT molecular complexity index is 565. The standard InChI is InChI=1S/C14H14BrNO2S/c1-16(8-13-7-11(15)9-19-13)14(18)6-10-2-4-12(17)5-3-10/h2-5,7,9,17H,6,8H2,1H3. The molecule has 1 aromatic heterocycles. The average Bonchev–Trinajstić information content (AvgIpc) is 2.77. The van der Waals surface area contributed by atoms with Crippen molar-refractivity contribution in [1.82, 2.24) is 4.90 Å². The molecular formula is C14H14BrNO2S. The molecule has 0 radical (unpaired) electrons. The van der Waals surface area contributed by atoms with Gasteiger partial charge in [0.1, 0.15) is 5.75 Å². The predicted octanol–water partition coefficient (Wildman–Crippen LogP) is 3.42. The van der Waals surface area contributed by atoms with Crippen LogP contribution in [-0.4, -0.2) is 23.0 Å². The summed E-state index contributed by atoms with van der Waals surface area (Å²) in [6.07, 6.45) is 0.351. The van der Waals surface area contributed by atoms with E-state index in [2.05, 4.69) is 15.9 Å². The molecule has 2 aromatic rings. The number of aromatic hydroxyl groups is 1. The van der Waals surface area contributed by atoms with Crippen LogP contribution in [0.2, 0.25) is 0 Å². The van der Waals surface area contributed by atoms with Crippen LogP contribution in [0.15, 0.2) is 40.2 Å². The highest BCUT2D eigenvalue weighted by Crippen LogP contribution is 2.21. The molecule has 3 nitrogen and oxygen atoms in total. The Morgan fingerprint density at radius 1 is 1.37 bits per heavy atom. The van der Waals surface area contributed by atoms with Gasteiger partial charge in [0, 0.05) is 21.8 Å². The Morgan fingerprint density at radius 3 is 2.63 bits per heavy atom. The third-order valence-corrected chi connectivity index (χ3v) is 4.41. The summed E-state index contributed by atoms with van der Waals surface area (Å²) in [5.74, 6) is 0.281. The zero-order chi connectivity index (χ0) is 13.8. The number of carbonyl (C=O) groups is 1. The molecule has 0 atom stereocenters. The van der Waals surface area contributed by atoms with Crippen LogP contribution < -0.4 is 0 Å². The monoisotopic (exact) mass is 339 g/mol. The van der Waals surface area contributed by atoms with E-state index < -0.39 is 0 Å². The second-order valence-corrected chi connectivity index (χ2v) is 6.24. The van der Waals surface area contributed by atoms with E-state index in [1.165, 1.54) is 0 Å². The lowest BCUT2D eigenvalue weighted by Crippen LogP contribution is -2.27. The summed E-state index contributed by atoms with van der Waals surface area (Å²) in [6, 6.07) is 8.75. The molecular weight excluding hydrogens is 326 g/mol. The van der Waals surface area contributed by atoms with Crippen LogP contribution in [0.5, 0.6) is 5.75 Å². The lowest BCUT2D eigenvalue weighted by Gasteiger charge is -2.16. The highest BCUT2D eigenvalue weighted by Gasteiger charge is 2.11. The van der Waals surface area contributed by atoms with Crippen molar-refractivity contribution in [2.75, 3.05) is 7.05 Å². The lowest BCUT2D eigenvalue weighted by molar-refractivity contribution is -0.129. The molecule has 0 fully saturated rings. The number of phenols is 1. The first-order chi connectivity index (χ1) is 9.04. The fourth-order valence-electron chi connectivity index (χ4n) is 1.68. The van der Waals surface area contributed by atoms with Gasteiger partial charge in [-0.05, 0) is 39.7 Å². The fraction of sp³-hybridized carbons (Fsp3) is 0.214. The number of benzene rings is 1. The SMILES string of the molecule is CN(Cc1cc(Br)cs1)C(=O)Cc1ccc(O)cc1. The molecule has 0 aliphatic rings. The molecule has 1 amide bonds. The molecule has 0 bridgehead atoms. The van der Waals surface area contributed by atoms with E-state index in [0.717, 1.165) is 14.9 Å². The number of nitrogens with zero attached hydrogens (tertiary/aromatic N) is 1. The van der Waals surface area contributed by atoms with Crippen molar-refractivity contribution < 1.29 is 9.90 Å². The third-order valence-electron chi connectivity index (χ3n) is 2.73. The topological polar surface area (TPSA) is 40.5 Å². The Hall–Kier alpha value is -1.33. The van der Waals surface area contributed by atoms with Gasteiger partial charge in [0.25, 0.3) is 0 Å². The van der Waals surface area contributed by atoms with Crippen molar-refractivity contribution in [3.05, 3.63) is 50.6 Å². The van der Waals surface area contributed by atoms with Crippen LogP contribution in [0.4, 0.5) is 0 Å². The molecule has 0 aliphatic carbocycles. The van der Waals surface area contributed by atoms with E-state index in [1.54, 1.807) is 47.5 Å². The fourth-order valence-corrected chi connectivity index (χ4v) is 3.19. The van der Waals surface area contributed by atoms with E-state index in [-0.39, 0.29) is 11.7 Å². The van der Waals surface area contributed by atoms with E-state index in [0.29, 0.717) is 13.0 Å². The number of likely N-dealkylation sites (N-methyl/N-ethyl adjacent to an activating group) is 1. The summed E-state index contributed by atoms with van der Waals surface area (Å²) in [7, 11) is 1.80. The maximum absolute atomic E-state index is 12.1. The van der Waals surface area contributed by atoms with Crippen LogP contribution in [0.25, 0.3) is 0 Å². The summed E-state index contributed by atoms with van der Waals surface area (Å²) < 4.78 is 1.05. The molecule has 0 saturated heterocycles. The molecule has 1 heterocycles. The molecule has 1 N–H and O–H groups in total. The van der Waals surface area contributed by atoms with Gasteiger partial charge in [0.2, 0.25) is 5.91 Å². The zero-order valence-electron chi connectivity index (χ0n) is 10.5. The summed E-state index contributed by atoms with van der Waals surface area (Å²) in [4.78, 5) is 14.9. The van der Waals surface area contributed by atoms with E-state index >= 15 is 0 Å². The molecule has 0 spiro atoms. The van der Waals surface area contributed by atoms with Gasteiger partial charge >= 0.3 is 0 Å². The van der Waals surface area contributed by atoms with Gasteiger partial charge in [-0.2, -0.15) is 0 Å². The predicted molar refractivity (Wildman–Crippen MR) is 80.3 cm³/mol. The van der Waals surface area contributed by atoms with Crippen molar-refractivity contribution in [2.45, 2.75) is 13.0 Å². The summed E-state index contributed by atoms with van der Waals surface area (Å²) >= 11 is 5.03. The summed E-state index contributed by atoms with van der Waals surface area (Å²) in [5.41, 5.74) is 0.905. The molecule has 1 aromatic carbocycles. The number of hydrogen-bond donors (Lipinski definition) is 1. The van der Waals surface area contributed by atoms with Crippen molar-refractivity contribution in [2.24, 2.45) is 0 Å². The first kappa shape index (κ1) is 14.1. The average molecular weight is 340 g/mol. The molecule has 19 heavy (non-hydrogen) atoms. The minimum Gasteiger partial charge on any atom is -0.508 e. The van der Waals surface area contributed by atoms with Crippen molar-refractivity contribution in [3.63, 3.8) is 0 Å². The Morgan fingerprint density at radius 2 is 2.05 bits per heavy atom. The summed E-state index contributed by atoms with van der Waals surface area (Å²) in [5, 5.41) is 11.2. The molecule has 0 saturated carbocycles. The van der Waals surface area contributed by atoms with Crippen molar-refractivity contribution >= 4 is 33.2 Å². The van der Waals surface area contributed by atoms with Gasteiger partial charge in [-0.3, -0.25) is 4.79 Å². The molecule has 0 aliphatic heterocycles. The van der Waals surface area contributed by atoms with Crippen LogP contribution in [0.1, 0.15) is 10.4 Å². The number of thiophene rings is 1. The van der Waals surface area contributed by atoms with Gasteiger partial charge in [0.15, 0.2) is 0 Å². The normalized spacial score (nSPS) is 10.4. The van der Waals surface area contributed by atoms with Gasteiger partial charge in [-0.1, -0.05) is 12.1 Å². The number of hydrogen-bond acceptors (Lipinski definition) is 3.